The lowest BCUT2D eigenvalue weighted by Crippen LogP contribution is -2.42. The molecule has 0 amide bonds. The second-order valence-electron chi connectivity index (χ2n) is 4.79. The number of nitrogens with two attached hydrogens (primary N) is 1. The number of carbonyl (C=O) groups excluding carboxylic acids is 1. The van der Waals surface area contributed by atoms with Crippen LogP contribution in [-0.2, 0) is 9.53 Å². The maximum absolute atomic E-state index is 11.2. The van der Waals surface area contributed by atoms with Crippen LogP contribution in [0.15, 0.2) is 4.99 Å². The number of likely N-dealkylation sites (tertiary alicyclic amines) is 1. The smallest absolute Gasteiger partial charge is 0.310 e. The Labute approximate surface area is 103 Å². The molecule has 0 aromatic carbocycles. The van der Waals surface area contributed by atoms with Crippen molar-refractivity contribution in [3.63, 3.8) is 0 Å². The minimum atomic E-state index is -0.242. The van der Waals surface area contributed by atoms with Crippen LogP contribution in [0.5, 0.6) is 0 Å². The van der Waals surface area contributed by atoms with Crippen LogP contribution in [0.2, 0.25) is 0 Å². The zero-order valence-electron chi connectivity index (χ0n) is 11.0. The zero-order valence-corrected chi connectivity index (χ0v) is 11.0. The van der Waals surface area contributed by atoms with E-state index in [0.717, 1.165) is 31.8 Å². The highest BCUT2D eigenvalue weighted by molar-refractivity contribution is 5.79. The van der Waals surface area contributed by atoms with Gasteiger partial charge in [0.15, 0.2) is 5.96 Å². The Hall–Kier alpha value is -1.26. The molecule has 17 heavy (non-hydrogen) atoms. The highest BCUT2D eigenvalue weighted by atomic mass is 16.5. The first-order chi connectivity index (χ1) is 8.04. The highest BCUT2D eigenvalue weighted by Crippen LogP contribution is 2.15. The SMILES string of the molecule is COC(=O)C(C)CN=C(N)N1CCC(C)CC1. The number of methoxy groups -OCH3 is 1. The largest absolute Gasteiger partial charge is 0.469 e. The van der Waals surface area contributed by atoms with Crippen molar-refractivity contribution in [1.29, 1.82) is 0 Å². The maximum atomic E-state index is 11.2. The summed E-state index contributed by atoms with van der Waals surface area (Å²) in [5.41, 5.74) is 5.91. The first kappa shape index (κ1) is 13.8. The summed E-state index contributed by atoms with van der Waals surface area (Å²) >= 11 is 0. The summed E-state index contributed by atoms with van der Waals surface area (Å²) in [5, 5.41) is 0. The van der Waals surface area contributed by atoms with Crippen molar-refractivity contribution in [3.8, 4) is 0 Å². The number of hydrogen-bond acceptors (Lipinski definition) is 3. The molecule has 2 N–H and O–H groups in total. The average molecular weight is 241 g/mol. The van der Waals surface area contributed by atoms with E-state index in [1.54, 1.807) is 6.92 Å². The summed E-state index contributed by atoms with van der Waals surface area (Å²) < 4.78 is 4.64. The average Bonchev–Trinajstić information content (AvgIpc) is 2.35. The van der Waals surface area contributed by atoms with Crippen molar-refractivity contribution in [2.45, 2.75) is 26.7 Å². The Kier molecular flexibility index (Phi) is 5.25. The van der Waals surface area contributed by atoms with E-state index >= 15 is 0 Å². The standard InChI is InChI=1S/C12H23N3O2/c1-9-4-6-15(7-5-9)12(13)14-8-10(2)11(16)17-3/h9-10H,4-8H2,1-3H3,(H2,13,14). The van der Waals surface area contributed by atoms with E-state index in [4.69, 9.17) is 5.73 Å². The molecule has 1 rings (SSSR count). The normalized spacial score (nSPS) is 20.2. The van der Waals surface area contributed by atoms with Crippen LogP contribution in [0, 0.1) is 11.8 Å². The van der Waals surface area contributed by atoms with Crippen molar-refractivity contribution in [3.05, 3.63) is 0 Å². The van der Waals surface area contributed by atoms with Crippen LogP contribution < -0.4 is 5.73 Å². The highest BCUT2D eigenvalue weighted by Gasteiger charge is 2.18. The molecule has 0 spiro atoms. The van der Waals surface area contributed by atoms with Gasteiger partial charge in [-0.1, -0.05) is 13.8 Å². The van der Waals surface area contributed by atoms with Crippen LogP contribution in [0.4, 0.5) is 0 Å². The van der Waals surface area contributed by atoms with Gasteiger partial charge >= 0.3 is 5.97 Å². The van der Waals surface area contributed by atoms with Gasteiger partial charge in [-0.25, -0.2) is 0 Å². The molecule has 5 nitrogen and oxygen atoms in total. The monoisotopic (exact) mass is 241 g/mol. The van der Waals surface area contributed by atoms with E-state index in [1.807, 2.05) is 0 Å². The van der Waals surface area contributed by atoms with Gasteiger partial charge in [0.1, 0.15) is 0 Å². The van der Waals surface area contributed by atoms with Crippen molar-refractivity contribution < 1.29 is 9.53 Å². The van der Waals surface area contributed by atoms with Crippen molar-refractivity contribution in [2.75, 3.05) is 26.7 Å². The van der Waals surface area contributed by atoms with E-state index in [2.05, 4.69) is 21.6 Å². The van der Waals surface area contributed by atoms with Gasteiger partial charge in [0.2, 0.25) is 0 Å². The van der Waals surface area contributed by atoms with Gasteiger partial charge in [-0.3, -0.25) is 9.79 Å². The topological polar surface area (TPSA) is 67.9 Å². The number of guanidine groups is 1. The van der Waals surface area contributed by atoms with Gasteiger partial charge < -0.3 is 15.4 Å². The molecule has 0 aromatic rings. The summed E-state index contributed by atoms with van der Waals surface area (Å²) in [6, 6.07) is 0. The number of ether oxygens (including phenoxy) is 1. The minimum absolute atomic E-state index is 0.234. The van der Waals surface area contributed by atoms with Crippen LogP contribution in [-0.4, -0.2) is 43.6 Å². The fraction of sp³-hybridized carbons (Fsp3) is 0.833. The number of carbonyl (C=O) groups is 1. The quantitative estimate of drug-likeness (QED) is 0.452. The Morgan fingerprint density at radius 3 is 2.65 bits per heavy atom. The number of piperidine rings is 1. The van der Waals surface area contributed by atoms with Crippen molar-refractivity contribution >= 4 is 11.9 Å². The molecule has 0 bridgehead atoms. The third-order valence-corrected chi connectivity index (χ3v) is 3.24. The Balaban J connectivity index is 2.41. The predicted molar refractivity (Wildman–Crippen MR) is 67.6 cm³/mol. The minimum Gasteiger partial charge on any atom is -0.469 e. The molecule has 0 aliphatic carbocycles. The molecule has 5 heteroatoms. The molecule has 0 aromatic heterocycles. The van der Waals surface area contributed by atoms with Gasteiger partial charge in [0.05, 0.1) is 19.6 Å². The van der Waals surface area contributed by atoms with E-state index in [9.17, 15) is 4.79 Å². The third kappa shape index (κ3) is 4.24. The van der Waals surface area contributed by atoms with Crippen molar-refractivity contribution in [2.24, 2.45) is 22.6 Å². The maximum Gasteiger partial charge on any atom is 0.310 e. The molecule has 0 saturated carbocycles. The predicted octanol–water partition coefficient (Wildman–Crippen LogP) is 0.842. The van der Waals surface area contributed by atoms with E-state index in [1.165, 1.54) is 7.11 Å². The molecule has 1 heterocycles. The Morgan fingerprint density at radius 1 is 1.53 bits per heavy atom. The second-order valence-corrected chi connectivity index (χ2v) is 4.79. The molecule has 0 radical (unpaired) electrons. The fourth-order valence-electron chi connectivity index (χ4n) is 1.84. The van der Waals surface area contributed by atoms with E-state index in [-0.39, 0.29) is 11.9 Å². The van der Waals surface area contributed by atoms with Crippen LogP contribution in [0.25, 0.3) is 0 Å². The number of nitrogens with zero attached hydrogens (tertiary/aromatic N) is 2. The number of hydrogen-bond donors (Lipinski definition) is 1. The summed E-state index contributed by atoms with van der Waals surface area (Å²) in [7, 11) is 1.39. The van der Waals surface area contributed by atoms with Gasteiger partial charge in [-0.2, -0.15) is 0 Å². The lowest BCUT2D eigenvalue weighted by atomic mass is 10.00. The van der Waals surface area contributed by atoms with E-state index in [0.29, 0.717) is 12.5 Å². The lowest BCUT2D eigenvalue weighted by molar-refractivity contribution is -0.144. The molecular weight excluding hydrogens is 218 g/mol. The summed E-state index contributed by atoms with van der Waals surface area (Å²) in [5.74, 6) is 0.844. The molecule has 98 valence electrons. The zero-order chi connectivity index (χ0) is 12.8. The number of esters is 1. The number of rotatable bonds is 3. The second kappa shape index (κ2) is 6.47. The van der Waals surface area contributed by atoms with Crippen LogP contribution in [0.1, 0.15) is 26.7 Å². The molecule has 1 fully saturated rings. The molecular formula is C12H23N3O2. The van der Waals surface area contributed by atoms with Gasteiger partial charge in [-0.15, -0.1) is 0 Å². The van der Waals surface area contributed by atoms with Gasteiger partial charge in [0.25, 0.3) is 0 Å². The molecule has 1 atom stereocenters. The molecule has 1 saturated heterocycles. The summed E-state index contributed by atoms with van der Waals surface area (Å²) in [4.78, 5) is 17.5. The molecule has 1 unspecified atom stereocenters. The first-order valence-electron chi connectivity index (χ1n) is 6.17. The summed E-state index contributed by atoms with van der Waals surface area (Å²) in [6.45, 7) is 6.36. The Bertz CT molecular complexity index is 283. The van der Waals surface area contributed by atoms with Crippen LogP contribution >= 0.6 is 0 Å². The summed E-state index contributed by atoms with van der Waals surface area (Å²) in [6.07, 6.45) is 2.31. The van der Waals surface area contributed by atoms with Crippen molar-refractivity contribution in [1.82, 2.24) is 4.90 Å². The number of aliphatic imine (C=N–C) groups is 1. The first-order valence-corrected chi connectivity index (χ1v) is 6.17. The van der Waals surface area contributed by atoms with E-state index < -0.39 is 0 Å². The molecule has 1 aliphatic heterocycles. The van der Waals surface area contributed by atoms with Gasteiger partial charge in [-0.05, 0) is 18.8 Å². The van der Waals surface area contributed by atoms with Gasteiger partial charge in [0, 0.05) is 13.1 Å². The lowest BCUT2D eigenvalue weighted by Gasteiger charge is -2.31. The third-order valence-electron chi connectivity index (χ3n) is 3.24. The van der Waals surface area contributed by atoms with Crippen LogP contribution in [0.3, 0.4) is 0 Å². The fourth-order valence-corrected chi connectivity index (χ4v) is 1.84. The molecule has 1 aliphatic rings. The Morgan fingerprint density at radius 2 is 2.12 bits per heavy atom.